The Morgan fingerprint density at radius 3 is 2.10 bits per heavy atom. The van der Waals surface area contributed by atoms with Crippen molar-refractivity contribution in [3.63, 3.8) is 0 Å². The van der Waals surface area contributed by atoms with Crippen LogP contribution in [0.3, 0.4) is 0 Å². The van der Waals surface area contributed by atoms with Crippen molar-refractivity contribution in [3.05, 3.63) is 42.0 Å². The zero-order chi connectivity index (χ0) is 14.2. The summed E-state index contributed by atoms with van der Waals surface area (Å²) in [7, 11) is 0. The molecule has 0 atom stereocenters. The van der Waals surface area contributed by atoms with E-state index in [0.717, 1.165) is 22.8 Å². The summed E-state index contributed by atoms with van der Waals surface area (Å²) in [5.41, 5.74) is 2.11. The van der Waals surface area contributed by atoms with Crippen molar-refractivity contribution in [2.45, 2.75) is 25.7 Å². The lowest BCUT2D eigenvalue weighted by atomic mass is 10.0. The summed E-state index contributed by atoms with van der Waals surface area (Å²) in [6.07, 6.45) is 5.54. The summed E-state index contributed by atoms with van der Waals surface area (Å²) >= 11 is 0. The minimum atomic E-state index is 0.784. The molecule has 2 aliphatic rings. The average Bonchev–Trinajstić information content (AvgIpc) is 3.41. The highest BCUT2D eigenvalue weighted by Gasteiger charge is 2.30. The van der Waals surface area contributed by atoms with Crippen LogP contribution in [0.1, 0.15) is 31.2 Å². The van der Waals surface area contributed by atoms with E-state index in [9.17, 15) is 5.26 Å². The van der Waals surface area contributed by atoms with E-state index >= 15 is 0 Å². The van der Waals surface area contributed by atoms with Gasteiger partial charge in [0.05, 0.1) is 11.6 Å². The van der Waals surface area contributed by atoms with Gasteiger partial charge in [-0.25, -0.2) is 0 Å². The van der Waals surface area contributed by atoms with Crippen molar-refractivity contribution in [1.82, 2.24) is 0 Å². The molecule has 0 bridgehead atoms. The van der Waals surface area contributed by atoms with Crippen molar-refractivity contribution >= 4 is 16.5 Å². The number of hydrogen-bond acceptors (Lipinski definition) is 2. The number of nitrogens with zero attached hydrogens (tertiary/aromatic N) is 2. The Balaban J connectivity index is 1.77. The molecule has 21 heavy (non-hydrogen) atoms. The van der Waals surface area contributed by atoms with Gasteiger partial charge in [-0.3, -0.25) is 0 Å². The van der Waals surface area contributed by atoms with E-state index in [2.05, 4.69) is 35.2 Å². The molecule has 0 N–H and O–H groups in total. The first-order valence-corrected chi connectivity index (χ1v) is 8.02. The Morgan fingerprint density at radius 2 is 1.52 bits per heavy atom. The lowest BCUT2D eigenvalue weighted by Crippen LogP contribution is -2.28. The van der Waals surface area contributed by atoms with Crippen LogP contribution in [0.25, 0.3) is 10.8 Å². The van der Waals surface area contributed by atoms with Crippen molar-refractivity contribution in [2.24, 2.45) is 11.8 Å². The SMILES string of the molecule is N#Cc1ccc(N(CC2CC2)CC2CC2)c2ccccc12. The van der Waals surface area contributed by atoms with Crippen LogP contribution in [-0.2, 0) is 0 Å². The van der Waals surface area contributed by atoms with E-state index in [1.165, 1.54) is 49.8 Å². The van der Waals surface area contributed by atoms with E-state index in [4.69, 9.17) is 0 Å². The first kappa shape index (κ1) is 12.7. The predicted octanol–water partition coefficient (Wildman–Crippen LogP) is 4.34. The average molecular weight is 276 g/mol. The number of rotatable bonds is 5. The van der Waals surface area contributed by atoms with Crippen LogP contribution in [0.4, 0.5) is 5.69 Å². The van der Waals surface area contributed by atoms with Crippen LogP contribution in [0, 0.1) is 23.2 Å². The predicted molar refractivity (Wildman–Crippen MR) is 86.3 cm³/mol. The lowest BCUT2D eigenvalue weighted by molar-refractivity contribution is 0.681. The molecule has 2 aromatic rings. The molecule has 0 spiro atoms. The number of benzene rings is 2. The molecule has 0 heterocycles. The second-order valence-electron chi connectivity index (χ2n) is 6.58. The summed E-state index contributed by atoms with van der Waals surface area (Å²) in [6, 6.07) is 14.8. The van der Waals surface area contributed by atoms with Gasteiger partial charge in [-0.1, -0.05) is 24.3 Å². The third-order valence-corrected chi connectivity index (χ3v) is 4.71. The van der Waals surface area contributed by atoms with Gasteiger partial charge in [-0.05, 0) is 49.7 Å². The van der Waals surface area contributed by atoms with Gasteiger partial charge in [0.25, 0.3) is 0 Å². The number of hydrogen-bond donors (Lipinski definition) is 0. The van der Waals surface area contributed by atoms with Crippen LogP contribution in [0.5, 0.6) is 0 Å². The van der Waals surface area contributed by atoms with Crippen LogP contribution in [0.15, 0.2) is 36.4 Å². The third kappa shape index (κ3) is 2.61. The van der Waals surface area contributed by atoms with Crippen LogP contribution >= 0.6 is 0 Å². The Morgan fingerprint density at radius 1 is 0.905 bits per heavy atom. The van der Waals surface area contributed by atoms with E-state index < -0.39 is 0 Å². The Bertz CT molecular complexity index is 691. The van der Waals surface area contributed by atoms with E-state index in [1.807, 2.05) is 12.1 Å². The van der Waals surface area contributed by atoms with Crippen molar-refractivity contribution in [1.29, 1.82) is 5.26 Å². The van der Waals surface area contributed by atoms with Gasteiger partial charge in [-0.2, -0.15) is 5.26 Å². The molecule has 2 aromatic carbocycles. The van der Waals surface area contributed by atoms with Crippen molar-refractivity contribution < 1.29 is 0 Å². The maximum absolute atomic E-state index is 9.31. The molecule has 0 radical (unpaired) electrons. The molecule has 2 nitrogen and oxygen atoms in total. The van der Waals surface area contributed by atoms with Crippen molar-refractivity contribution in [3.8, 4) is 6.07 Å². The van der Waals surface area contributed by atoms with Crippen LogP contribution in [0.2, 0.25) is 0 Å². The maximum Gasteiger partial charge on any atom is 0.0998 e. The van der Waals surface area contributed by atoms with Gasteiger partial charge in [-0.15, -0.1) is 0 Å². The molecule has 0 unspecified atom stereocenters. The molecule has 0 aliphatic heterocycles. The smallest absolute Gasteiger partial charge is 0.0998 e. The fraction of sp³-hybridized carbons (Fsp3) is 0.421. The number of fused-ring (bicyclic) bond motifs is 1. The first-order valence-electron chi connectivity index (χ1n) is 8.02. The van der Waals surface area contributed by atoms with Crippen LogP contribution < -0.4 is 4.90 Å². The molecular weight excluding hydrogens is 256 g/mol. The summed E-state index contributed by atoms with van der Waals surface area (Å²) < 4.78 is 0. The van der Waals surface area contributed by atoms with Gasteiger partial charge in [0.15, 0.2) is 0 Å². The molecule has 0 amide bonds. The molecule has 0 aromatic heterocycles. The molecule has 2 aliphatic carbocycles. The zero-order valence-electron chi connectivity index (χ0n) is 12.3. The molecule has 4 rings (SSSR count). The summed E-state index contributed by atoms with van der Waals surface area (Å²) in [6.45, 7) is 2.37. The van der Waals surface area contributed by atoms with E-state index in [1.54, 1.807) is 0 Å². The van der Waals surface area contributed by atoms with Gasteiger partial charge >= 0.3 is 0 Å². The second-order valence-corrected chi connectivity index (χ2v) is 6.58. The fourth-order valence-corrected chi connectivity index (χ4v) is 3.15. The second kappa shape index (κ2) is 5.07. The Kier molecular flexibility index (Phi) is 3.07. The third-order valence-electron chi connectivity index (χ3n) is 4.71. The lowest BCUT2D eigenvalue weighted by Gasteiger charge is -2.26. The number of anilines is 1. The summed E-state index contributed by atoms with van der Waals surface area (Å²) in [5.74, 6) is 1.77. The molecule has 106 valence electrons. The Labute approximate surface area is 126 Å². The summed E-state index contributed by atoms with van der Waals surface area (Å²) in [4.78, 5) is 2.58. The molecule has 0 saturated heterocycles. The van der Waals surface area contributed by atoms with Gasteiger partial charge in [0.1, 0.15) is 0 Å². The van der Waals surface area contributed by atoms with E-state index in [0.29, 0.717) is 0 Å². The van der Waals surface area contributed by atoms with Crippen LogP contribution in [-0.4, -0.2) is 13.1 Å². The monoisotopic (exact) mass is 276 g/mol. The molecular formula is C19H20N2. The van der Waals surface area contributed by atoms with Gasteiger partial charge in [0, 0.05) is 29.5 Å². The first-order chi connectivity index (χ1) is 10.3. The maximum atomic E-state index is 9.31. The topological polar surface area (TPSA) is 27.0 Å². The highest BCUT2D eigenvalue weighted by molar-refractivity contribution is 5.97. The minimum absolute atomic E-state index is 0.784. The quantitative estimate of drug-likeness (QED) is 0.812. The van der Waals surface area contributed by atoms with Gasteiger partial charge < -0.3 is 4.90 Å². The standard InChI is InChI=1S/C19H20N2/c20-11-16-9-10-19(18-4-2-1-3-17(16)18)21(12-14-5-6-14)13-15-7-8-15/h1-4,9-10,14-15H,5-8,12-13H2. The number of nitriles is 1. The highest BCUT2D eigenvalue weighted by Crippen LogP contribution is 2.38. The molecule has 2 saturated carbocycles. The normalized spacial score (nSPS) is 17.7. The Hall–Kier alpha value is -2.01. The highest BCUT2D eigenvalue weighted by atomic mass is 15.1. The molecule has 2 heteroatoms. The van der Waals surface area contributed by atoms with Crippen molar-refractivity contribution in [2.75, 3.05) is 18.0 Å². The largest absolute Gasteiger partial charge is 0.370 e. The minimum Gasteiger partial charge on any atom is -0.370 e. The fourth-order valence-electron chi connectivity index (χ4n) is 3.15. The molecule has 2 fully saturated rings. The van der Waals surface area contributed by atoms with E-state index in [-0.39, 0.29) is 0 Å². The zero-order valence-corrected chi connectivity index (χ0v) is 12.3. The summed E-state index contributed by atoms with van der Waals surface area (Å²) in [5, 5.41) is 11.6. The van der Waals surface area contributed by atoms with Gasteiger partial charge in [0.2, 0.25) is 0 Å².